The number of hydrogen-bond acceptors (Lipinski definition) is 6. The van der Waals surface area contributed by atoms with Gasteiger partial charge < -0.3 is 10.6 Å². The standard InChI is InChI=1S/C8H14N4O2S/c1-12(5-6-15(2,13)14)8-10-4-3-7(9)11-8/h3-4H,5-6H2,1-2H3,(H2,9,10,11). The van der Waals surface area contributed by atoms with Crippen LogP contribution in [0.2, 0.25) is 0 Å². The van der Waals surface area contributed by atoms with Gasteiger partial charge in [0, 0.05) is 26.0 Å². The van der Waals surface area contributed by atoms with Crippen molar-refractivity contribution in [3.05, 3.63) is 12.3 Å². The highest BCUT2D eigenvalue weighted by atomic mass is 32.2. The number of aromatic nitrogens is 2. The summed E-state index contributed by atoms with van der Waals surface area (Å²) >= 11 is 0. The van der Waals surface area contributed by atoms with E-state index in [1.165, 1.54) is 12.5 Å². The maximum Gasteiger partial charge on any atom is 0.227 e. The summed E-state index contributed by atoms with van der Waals surface area (Å²) in [5, 5.41) is 0. The van der Waals surface area contributed by atoms with Crippen LogP contribution in [-0.4, -0.2) is 44.0 Å². The minimum absolute atomic E-state index is 0.0711. The normalized spacial score (nSPS) is 11.3. The van der Waals surface area contributed by atoms with Crippen LogP contribution in [0.4, 0.5) is 11.8 Å². The highest BCUT2D eigenvalue weighted by molar-refractivity contribution is 7.90. The molecule has 1 aromatic heterocycles. The van der Waals surface area contributed by atoms with Gasteiger partial charge in [-0.15, -0.1) is 0 Å². The summed E-state index contributed by atoms with van der Waals surface area (Å²) in [6, 6.07) is 1.58. The average Bonchev–Trinajstić information content (AvgIpc) is 2.13. The van der Waals surface area contributed by atoms with Gasteiger partial charge in [-0.05, 0) is 6.07 Å². The largest absolute Gasteiger partial charge is 0.384 e. The quantitative estimate of drug-likeness (QED) is 0.753. The van der Waals surface area contributed by atoms with Gasteiger partial charge in [0.1, 0.15) is 15.7 Å². The number of nitrogens with two attached hydrogens (primary N) is 1. The molecule has 1 rings (SSSR count). The monoisotopic (exact) mass is 230 g/mol. The minimum atomic E-state index is -2.97. The van der Waals surface area contributed by atoms with Gasteiger partial charge in [0.05, 0.1) is 5.75 Å². The van der Waals surface area contributed by atoms with Crippen molar-refractivity contribution in [2.45, 2.75) is 0 Å². The molecule has 0 saturated carbocycles. The van der Waals surface area contributed by atoms with Crippen molar-refractivity contribution < 1.29 is 8.42 Å². The maximum absolute atomic E-state index is 10.9. The van der Waals surface area contributed by atoms with Gasteiger partial charge in [-0.2, -0.15) is 4.98 Å². The molecule has 0 atom stereocenters. The van der Waals surface area contributed by atoms with Crippen LogP contribution in [0.5, 0.6) is 0 Å². The molecule has 0 unspecified atom stereocenters. The van der Waals surface area contributed by atoms with Gasteiger partial charge in [0.15, 0.2) is 0 Å². The third-order valence-electron chi connectivity index (χ3n) is 1.80. The first-order valence-corrected chi connectivity index (χ1v) is 6.42. The molecule has 1 aromatic rings. The maximum atomic E-state index is 10.9. The van der Waals surface area contributed by atoms with Crippen LogP contribution in [0.15, 0.2) is 12.3 Å². The number of nitrogen functional groups attached to an aromatic ring is 1. The van der Waals surface area contributed by atoms with Gasteiger partial charge in [-0.1, -0.05) is 0 Å². The van der Waals surface area contributed by atoms with Crippen LogP contribution < -0.4 is 10.6 Å². The highest BCUT2D eigenvalue weighted by Gasteiger charge is 2.08. The minimum Gasteiger partial charge on any atom is -0.384 e. The molecule has 84 valence electrons. The van der Waals surface area contributed by atoms with Crippen LogP contribution in [-0.2, 0) is 9.84 Å². The summed E-state index contributed by atoms with van der Waals surface area (Å²) in [6.07, 6.45) is 2.73. The summed E-state index contributed by atoms with van der Waals surface area (Å²) in [4.78, 5) is 9.60. The van der Waals surface area contributed by atoms with Gasteiger partial charge in [0.25, 0.3) is 0 Å². The van der Waals surface area contributed by atoms with E-state index in [1.807, 2.05) is 0 Å². The van der Waals surface area contributed by atoms with Crippen LogP contribution in [0.1, 0.15) is 0 Å². The number of nitrogens with zero attached hydrogens (tertiary/aromatic N) is 3. The van der Waals surface area contributed by atoms with Crippen molar-refractivity contribution >= 4 is 21.6 Å². The zero-order valence-electron chi connectivity index (χ0n) is 8.71. The first-order chi connectivity index (χ1) is 6.88. The Morgan fingerprint density at radius 2 is 2.20 bits per heavy atom. The molecule has 0 spiro atoms. The fraction of sp³-hybridized carbons (Fsp3) is 0.500. The molecule has 0 amide bonds. The van der Waals surface area contributed by atoms with Gasteiger partial charge in [0.2, 0.25) is 5.95 Å². The van der Waals surface area contributed by atoms with E-state index < -0.39 is 9.84 Å². The molecule has 15 heavy (non-hydrogen) atoms. The molecular formula is C8H14N4O2S. The second kappa shape index (κ2) is 4.43. The lowest BCUT2D eigenvalue weighted by Gasteiger charge is -2.15. The lowest BCUT2D eigenvalue weighted by atomic mass is 10.6. The van der Waals surface area contributed by atoms with E-state index in [1.54, 1.807) is 18.0 Å². The SMILES string of the molecule is CN(CCS(C)(=O)=O)c1nccc(N)n1. The summed E-state index contributed by atoms with van der Waals surface area (Å²) in [5.41, 5.74) is 5.48. The first kappa shape index (κ1) is 11.7. The number of anilines is 2. The van der Waals surface area contributed by atoms with Gasteiger partial charge in [-0.3, -0.25) is 0 Å². The average molecular weight is 230 g/mol. The van der Waals surface area contributed by atoms with Crippen molar-refractivity contribution in [1.29, 1.82) is 0 Å². The van der Waals surface area contributed by atoms with Crippen LogP contribution in [0, 0.1) is 0 Å². The number of rotatable bonds is 4. The predicted molar refractivity (Wildman–Crippen MR) is 59.4 cm³/mol. The fourth-order valence-electron chi connectivity index (χ4n) is 0.949. The molecule has 6 nitrogen and oxygen atoms in total. The van der Waals surface area contributed by atoms with E-state index in [-0.39, 0.29) is 5.75 Å². The Hall–Kier alpha value is -1.37. The van der Waals surface area contributed by atoms with Crippen molar-refractivity contribution in [3.8, 4) is 0 Å². The molecule has 0 aliphatic carbocycles. The summed E-state index contributed by atoms with van der Waals surface area (Å²) in [5.74, 6) is 0.867. The molecular weight excluding hydrogens is 216 g/mol. The Kier molecular flexibility index (Phi) is 3.46. The molecule has 0 aliphatic rings. The predicted octanol–water partition coefficient (Wildman–Crippen LogP) is -0.460. The lowest BCUT2D eigenvalue weighted by molar-refractivity contribution is 0.601. The van der Waals surface area contributed by atoms with Crippen molar-refractivity contribution in [1.82, 2.24) is 9.97 Å². The van der Waals surface area contributed by atoms with Crippen molar-refractivity contribution in [3.63, 3.8) is 0 Å². The molecule has 0 aliphatic heterocycles. The Balaban J connectivity index is 2.65. The Bertz CT molecular complexity index is 432. The molecule has 1 heterocycles. The molecule has 0 bridgehead atoms. The number of hydrogen-bond donors (Lipinski definition) is 1. The Morgan fingerprint density at radius 1 is 1.53 bits per heavy atom. The van der Waals surface area contributed by atoms with Crippen LogP contribution in [0.25, 0.3) is 0 Å². The second-order valence-electron chi connectivity index (χ2n) is 3.33. The molecule has 0 radical (unpaired) electrons. The van der Waals surface area contributed by atoms with Crippen LogP contribution >= 0.6 is 0 Å². The molecule has 2 N–H and O–H groups in total. The highest BCUT2D eigenvalue weighted by Crippen LogP contribution is 2.06. The molecule has 0 fully saturated rings. The lowest BCUT2D eigenvalue weighted by Crippen LogP contribution is -2.26. The van der Waals surface area contributed by atoms with Gasteiger partial charge >= 0.3 is 0 Å². The fourth-order valence-corrected chi connectivity index (χ4v) is 1.55. The van der Waals surface area contributed by atoms with E-state index in [0.29, 0.717) is 18.3 Å². The van der Waals surface area contributed by atoms with E-state index in [4.69, 9.17) is 5.73 Å². The zero-order chi connectivity index (χ0) is 11.5. The summed E-state index contributed by atoms with van der Waals surface area (Å²) < 4.78 is 21.9. The molecule has 0 aromatic carbocycles. The molecule has 0 saturated heterocycles. The second-order valence-corrected chi connectivity index (χ2v) is 5.59. The van der Waals surface area contributed by atoms with E-state index in [0.717, 1.165) is 0 Å². The van der Waals surface area contributed by atoms with E-state index >= 15 is 0 Å². The van der Waals surface area contributed by atoms with E-state index in [9.17, 15) is 8.42 Å². The summed E-state index contributed by atoms with van der Waals surface area (Å²) in [7, 11) is -1.24. The Morgan fingerprint density at radius 3 is 2.73 bits per heavy atom. The third-order valence-corrected chi connectivity index (χ3v) is 2.73. The van der Waals surface area contributed by atoms with Crippen molar-refractivity contribution in [2.24, 2.45) is 0 Å². The van der Waals surface area contributed by atoms with Gasteiger partial charge in [-0.25, -0.2) is 13.4 Å². The summed E-state index contributed by atoms with van der Waals surface area (Å²) in [6.45, 7) is 0.349. The topological polar surface area (TPSA) is 89.2 Å². The third kappa shape index (κ3) is 4.11. The van der Waals surface area contributed by atoms with Crippen molar-refractivity contribution in [2.75, 3.05) is 36.2 Å². The smallest absolute Gasteiger partial charge is 0.227 e. The number of sulfone groups is 1. The van der Waals surface area contributed by atoms with E-state index in [2.05, 4.69) is 9.97 Å². The Labute approximate surface area is 89.1 Å². The van der Waals surface area contributed by atoms with Crippen LogP contribution in [0.3, 0.4) is 0 Å². The zero-order valence-corrected chi connectivity index (χ0v) is 9.53. The first-order valence-electron chi connectivity index (χ1n) is 4.36. The molecule has 7 heteroatoms.